The van der Waals surface area contributed by atoms with E-state index in [1.54, 1.807) is 19.2 Å². The number of rotatable bonds is 2. The number of aliphatic imine (C=N–C) groups is 1. The topological polar surface area (TPSA) is 57.4 Å². The smallest absolute Gasteiger partial charge is 0.219 e. The summed E-state index contributed by atoms with van der Waals surface area (Å²) in [6.07, 6.45) is -0.379. The second-order valence-corrected chi connectivity index (χ2v) is 3.78. The molecule has 5 heteroatoms. The van der Waals surface area contributed by atoms with Gasteiger partial charge >= 0.3 is 0 Å². The lowest BCUT2D eigenvalue weighted by Gasteiger charge is -2.11. The number of hydrogen-bond acceptors (Lipinski definition) is 4. The van der Waals surface area contributed by atoms with Gasteiger partial charge in [0.2, 0.25) is 5.90 Å². The second-order valence-electron chi connectivity index (χ2n) is 3.34. The summed E-state index contributed by atoms with van der Waals surface area (Å²) in [4.78, 5) is 4.19. The van der Waals surface area contributed by atoms with Gasteiger partial charge in [0.25, 0.3) is 0 Å². The summed E-state index contributed by atoms with van der Waals surface area (Å²) < 4.78 is 5.51. The Bertz CT molecular complexity index is 449. The van der Waals surface area contributed by atoms with Crippen LogP contribution in [0.3, 0.4) is 0 Å². The number of ether oxygens (including phenoxy) is 1. The summed E-state index contributed by atoms with van der Waals surface area (Å²) in [6.45, 7) is 0. The highest BCUT2D eigenvalue weighted by Gasteiger charge is 2.29. The number of nitriles is 1. The molecule has 0 spiro atoms. The Morgan fingerprint density at radius 1 is 1.44 bits per heavy atom. The van der Waals surface area contributed by atoms with E-state index in [0.29, 0.717) is 10.9 Å². The molecule has 2 unspecified atom stereocenters. The number of nitrogens with one attached hydrogen (secondary N) is 1. The number of benzene rings is 1. The molecule has 0 saturated heterocycles. The van der Waals surface area contributed by atoms with E-state index in [4.69, 9.17) is 21.6 Å². The van der Waals surface area contributed by atoms with E-state index in [0.717, 1.165) is 5.56 Å². The van der Waals surface area contributed by atoms with Gasteiger partial charge in [0, 0.05) is 10.6 Å². The van der Waals surface area contributed by atoms with E-state index in [9.17, 15) is 0 Å². The van der Waals surface area contributed by atoms with Crippen molar-refractivity contribution in [3.05, 3.63) is 34.9 Å². The summed E-state index contributed by atoms with van der Waals surface area (Å²) in [5.41, 5.74) is 0.822. The number of nitrogens with zero attached hydrogens (tertiary/aromatic N) is 2. The van der Waals surface area contributed by atoms with Gasteiger partial charge in [0.05, 0.1) is 6.07 Å². The highest BCUT2D eigenvalue weighted by atomic mass is 35.5. The SMILES string of the molecule is CNC1OC(c2ccc(Cl)cc2)=NC1C#N. The molecule has 0 bridgehead atoms. The van der Waals surface area contributed by atoms with E-state index in [1.165, 1.54) is 0 Å². The Morgan fingerprint density at radius 3 is 2.62 bits per heavy atom. The van der Waals surface area contributed by atoms with Crippen molar-refractivity contribution in [2.75, 3.05) is 7.05 Å². The van der Waals surface area contributed by atoms with E-state index >= 15 is 0 Å². The number of likely N-dealkylation sites (N-methyl/N-ethyl adjacent to an activating group) is 1. The molecule has 1 aromatic rings. The van der Waals surface area contributed by atoms with Crippen molar-refractivity contribution in [1.82, 2.24) is 5.32 Å². The average Bonchev–Trinajstić information content (AvgIpc) is 2.73. The minimum atomic E-state index is -0.504. The average molecular weight is 236 g/mol. The van der Waals surface area contributed by atoms with Crippen molar-refractivity contribution < 1.29 is 4.74 Å². The lowest BCUT2D eigenvalue weighted by atomic mass is 10.2. The second kappa shape index (κ2) is 4.52. The van der Waals surface area contributed by atoms with Crippen LogP contribution in [-0.4, -0.2) is 25.2 Å². The molecule has 0 aromatic heterocycles. The molecule has 0 aliphatic carbocycles. The lowest BCUT2D eigenvalue weighted by molar-refractivity contribution is 0.179. The first kappa shape index (κ1) is 10.9. The van der Waals surface area contributed by atoms with Gasteiger partial charge in [-0.1, -0.05) is 11.6 Å². The Morgan fingerprint density at radius 2 is 2.12 bits per heavy atom. The first-order valence-electron chi connectivity index (χ1n) is 4.82. The van der Waals surface area contributed by atoms with E-state index in [1.807, 2.05) is 12.1 Å². The van der Waals surface area contributed by atoms with Gasteiger partial charge in [0.15, 0.2) is 12.3 Å². The third-order valence-corrected chi connectivity index (χ3v) is 2.54. The first-order valence-corrected chi connectivity index (χ1v) is 5.19. The van der Waals surface area contributed by atoms with Crippen molar-refractivity contribution in [3.63, 3.8) is 0 Å². The molecule has 1 heterocycles. The summed E-state index contributed by atoms with van der Waals surface area (Å²) in [7, 11) is 1.73. The molecule has 4 nitrogen and oxygen atoms in total. The Labute approximate surface area is 98.5 Å². The summed E-state index contributed by atoms with van der Waals surface area (Å²) in [5, 5.41) is 12.4. The molecular formula is C11H10ClN3O. The molecule has 1 N–H and O–H groups in total. The van der Waals surface area contributed by atoms with Gasteiger partial charge in [-0.15, -0.1) is 0 Å². The molecule has 0 amide bonds. The molecule has 0 saturated carbocycles. The predicted octanol–water partition coefficient (Wildman–Crippen LogP) is 1.55. The van der Waals surface area contributed by atoms with Crippen LogP contribution in [0.25, 0.3) is 0 Å². The van der Waals surface area contributed by atoms with Gasteiger partial charge in [-0.05, 0) is 31.3 Å². The van der Waals surface area contributed by atoms with Crippen LogP contribution in [0.1, 0.15) is 5.56 Å². The number of hydrogen-bond donors (Lipinski definition) is 1. The molecule has 0 fully saturated rings. The molecule has 82 valence electrons. The van der Waals surface area contributed by atoms with Crippen LogP contribution in [0.2, 0.25) is 5.02 Å². The maximum atomic E-state index is 8.88. The third kappa shape index (κ3) is 2.01. The Balaban J connectivity index is 2.24. The maximum Gasteiger partial charge on any atom is 0.219 e. The fourth-order valence-electron chi connectivity index (χ4n) is 1.46. The normalized spacial score (nSPS) is 23.4. The molecule has 0 radical (unpaired) electrons. The third-order valence-electron chi connectivity index (χ3n) is 2.29. The molecule has 1 aromatic carbocycles. The highest BCUT2D eigenvalue weighted by Crippen LogP contribution is 2.17. The minimum absolute atomic E-state index is 0.379. The molecular weight excluding hydrogens is 226 g/mol. The molecule has 16 heavy (non-hydrogen) atoms. The van der Waals surface area contributed by atoms with Gasteiger partial charge in [-0.25, -0.2) is 4.99 Å². The highest BCUT2D eigenvalue weighted by molar-refractivity contribution is 6.30. The molecule has 2 atom stereocenters. The number of halogens is 1. The van der Waals surface area contributed by atoms with Crippen LogP contribution in [0.5, 0.6) is 0 Å². The zero-order valence-corrected chi connectivity index (χ0v) is 9.40. The lowest BCUT2D eigenvalue weighted by Crippen LogP contribution is -2.34. The minimum Gasteiger partial charge on any atom is -0.455 e. The molecule has 1 aliphatic rings. The van der Waals surface area contributed by atoms with Gasteiger partial charge in [-0.3, -0.25) is 5.32 Å². The fourth-order valence-corrected chi connectivity index (χ4v) is 1.58. The Kier molecular flexibility index (Phi) is 3.09. The molecule has 2 rings (SSSR count). The fraction of sp³-hybridized carbons (Fsp3) is 0.273. The van der Waals surface area contributed by atoms with Crippen LogP contribution in [0, 0.1) is 11.3 Å². The standard InChI is InChI=1S/C11H10ClN3O/c1-14-11-9(6-13)15-10(16-11)7-2-4-8(12)5-3-7/h2-5,9,11,14H,1H3. The van der Waals surface area contributed by atoms with Gasteiger partial charge in [-0.2, -0.15) is 5.26 Å². The van der Waals surface area contributed by atoms with E-state index in [2.05, 4.69) is 16.4 Å². The first-order chi connectivity index (χ1) is 7.74. The molecule has 1 aliphatic heterocycles. The predicted molar refractivity (Wildman–Crippen MR) is 61.3 cm³/mol. The quantitative estimate of drug-likeness (QED) is 0.846. The van der Waals surface area contributed by atoms with E-state index in [-0.39, 0.29) is 6.23 Å². The van der Waals surface area contributed by atoms with Crippen molar-refractivity contribution in [3.8, 4) is 6.07 Å². The van der Waals surface area contributed by atoms with Crippen LogP contribution >= 0.6 is 11.6 Å². The van der Waals surface area contributed by atoms with Crippen molar-refractivity contribution >= 4 is 17.5 Å². The van der Waals surface area contributed by atoms with Crippen LogP contribution in [-0.2, 0) is 4.74 Å². The largest absolute Gasteiger partial charge is 0.455 e. The van der Waals surface area contributed by atoms with Crippen LogP contribution < -0.4 is 5.32 Å². The monoisotopic (exact) mass is 235 g/mol. The van der Waals surface area contributed by atoms with Gasteiger partial charge in [0.1, 0.15) is 0 Å². The van der Waals surface area contributed by atoms with Crippen LogP contribution in [0.15, 0.2) is 29.3 Å². The summed E-state index contributed by atoms with van der Waals surface area (Å²) in [6, 6.07) is 8.72. The summed E-state index contributed by atoms with van der Waals surface area (Å²) >= 11 is 5.78. The van der Waals surface area contributed by atoms with Crippen molar-refractivity contribution in [2.24, 2.45) is 4.99 Å². The summed E-state index contributed by atoms with van der Waals surface area (Å²) in [5.74, 6) is 0.475. The van der Waals surface area contributed by atoms with Gasteiger partial charge < -0.3 is 4.74 Å². The van der Waals surface area contributed by atoms with Crippen molar-refractivity contribution in [1.29, 1.82) is 5.26 Å². The Hall–Kier alpha value is -1.57. The maximum absolute atomic E-state index is 8.88. The zero-order chi connectivity index (χ0) is 11.5. The van der Waals surface area contributed by atoms with E-state index < -0.39 is 6.04 Å². The van der Waals surface area contributed by atoms with Crippen molar-refractivity contribution in [2.45, 2.75) is 12.3 Å². The zero-order valence-electron chi connectivity index (χ0n) is 8.64. The van der Waals surface area contributed by atoms with Crippen LogP contribution in [0.4, 0.5) is 0 Å².